The van der Waals surface area contributed by atoms with Gasteiger partial charge in [0.25, 0.3) is 0 Å². The van der Waals surface area contributed by atoms with Crippen molar-refractivity contribution >= 4 is 11.6 Å². The molecule has 0 amide bonds. The van der Waals surface area contributed by atoms with E-state index in [-0.39, 0.29) is 5.02 Å². The summed E-state index contributed by atoms with van der Waals surface area (Å²) in [4.78, 5) is 0. The summed E-state index contributed by atoms with van der Waals surface area (Å²) in [7, 11) is 0. The van der Waals surface area contributed by atoms with Crippen molar-refractivity contribution in [2.24, 2.45) is 0 Å². The fourth-order valence-electron chi connectivity index (χ4n) is 1.47. The van der Waals surface area contributed by atoms with E-state index in [0.29, 0.717) is 18.4 Å². The standard InChI is InChI=1S/C13H14ClFN2O/c1-9(2)17-6-5-10(16-17)8-18-11-3-4-12(14)13(15)7-11/h3-7,9H,8H2,1-2H3. The van der Waals surface area contributed by atoms with Crippen molar-refractivity contribution in [3.8, 4) is 5.75 Å². The van der Waals surface area contributed by atoms with E-state index in [1.165, 1.54) is 12.1 Å². The van der Waals surface area contributed by atoms with E-state index in [4.69, 9.17) is 16.3 Å². The summed E-state index contributed by atoms with van der Waals surface area (Å²) in [5, 5.41) is 4.43. The van der Waals surface area contributed by atoms with Crippen molar-refractivity contribution in [2.75, 3.05) is 0 Å². The normalized spacial score (nSPS) is 10.9. The van der Waals surface area contributed by atoms with Gasteiger partial charge in [0.15, 0.2) is 0 Å². The van der Waals surface area contributed by atoms with E-state index >= 15 is 0 Å². The number of rotatable bonds is 4. The molecule has 0 N–H and O–H groups in total. The van der Waals surface area contributed by atoms with Crippen LogP contribution in [-0.4, -0.2) is 9.78 Å². The molecule has 0 atom stereocenters. The van der Waals surface area contributed by atoms with E-state index < -0.39 is 5.82 Å². The summed E-state index contributed by atoms with van der Waals surface area (Å²) < 4.78 is 20.5. The Morgan fingerprint density at radius 2 is 2.17 bits per heavy atom. The molecule has 2 rings (SSSR count). The topological polar surface area (TPSA) is 27.1 Å². The Morgan fingerprint density at radius 3 is 2.78 bits per heavy atom. The van der Waals surface area contributed by atoms with Crippen LogP contribution in [0.15, 0.2) is 30.5 Å². The van der Waals surface area contributed by atoms with Crippen molar-refractivity contribution in [1.82, 2.24) is 9.78 Å². The summed E-state index contributed by atoms with van der Waals surface area (Å²) in [5.74, 6) is -0.0436. The Balaban J connectivity index is 2.00. The molecule has 1 aromatic heterocycles. The first-order valence-corrected chi connectivity index (χ1v) is 6.06. The average Bonchev–Trinajstić information content (AvgIpc) is 2.79. The molecule has 3 nitrogen and oxygen atoms in total. The third-order valence-corrected chi connectivity index (χ3v) is 2.78. The van der Waals surface area contributed by atoms with Crippen molar-refractivity contribution < 1.29 is 9.13 Å². The maximum absolute atomic E-state index is 13.2. The number of nitrogens with zero attached hydrogens (tertiary/aromatic N) is 2. The second kappa shape index (κ2) is 5.40. The fourth-order valence-corrected chi connectivity index (χ4v) is 1.58. The molecule has 0 aliphatic rings. The highest BCUT2D eigenvalue weighted by atomic mass is 35.5. The van der Waals surface area contributed by atoms with Gasteiger partial charge < -0.3 is 4.74 Å². The van der Waals surface area contributed by atoms with Gasteiger partial charge >= 0.3 is 0 Å². The Morgan fingerprint density at radius 1 is 1.39 bits per heavy atom. The first-order chi connectivity index (χ1) is 8.56. The van der Waals surface area contributed by atoms with Gasteiger partial charge in [-0.2, -0.15) is 5.10 Å². The zero-order valence-corrected chi connectivity index (χ0v) is 11.0. The molecule has 0 spiro atoms. The van der Waals surface area contributed by atoms with Crippen LogP contribution in [0.1, 0.15) is 25.6 Å². The van der Waals surface area contributed by atoms with E-state index in [9.17, 15) is 4.39 Å². The second-order valence-corrected chi connectivity index (χ2v) is 4.65. The van der Waals surface area contributed by atoms with Crippen LogP contribution in [0.25, 0.3) is 0 Å². The lowest BCUT2D eigenvalue weighted by atomic mass is 10.3. The summed E-state index contributed by atoms with van der Waals surface area (Å²) in [6.45, 7) is 4.40. The van der Waals surface area contributed by atoms with Crippen LogP contribution in [0, 0.1) is 5.82 Å². The quantitative estimate of drug-likeness (QED) is 0.842. The summed E-state index contributed by atoms with van der Waals surface area (Å²) in [5.41, 5.74) is 0.805. The average molecular weight is 269 g/mol. The third kappa shape index (κ3) is 3.01. The molecular weight excluding hydrogens is 255 g/mol. The smallest absolute Gasteiger partial charge is 0.145 e. The van der Waals surface area contributed by atoms with Gasteiger partial charge in [-0.15, -0.1) is 0 Å². The maximum atomic E-state index is 13.2. The zero-order valence-electron chi connectivity index (χ0n) is 10.2. The minimum absolute atomic E-state index is 0.0893. The van der Waals surface area contributed by atoms with Crippen molar-refractivity contribution in [3.05, 3.63) is 47.0 Å². The minimum Gasteiger partial charge on any atom is -0.487 e. The molecular formula is C13H14ClFN2O. The molecule has 0 unspecified atom stereocenters. The van der Waals surface area contributed by atoms with Crippen LogP contribution < -0.4 is 4.74 Å². The van der Waals surface area contributed by atoms with Gasteiger partial charge in [-0.25, -0.2) is 4.39 Å². The van der Waals surface area contributed by atoms with Crippen LogP contribution in [0.2, 0.25) is 5.02 Å². The lowest BCUT2D eigenvalue weighted by Crippen LogP contribution is -2.03. The zero-order chi connectivity index (χ0) is 13.1. The van der Waals surface area contributed by atoms with Gasteiger partial charge in [-0.3, -0.25) is 4.68 Å². The minimum atomic E-state index is -0.484. The van der Waals surface area contributed by atoms with Gasteiger partial charge in [0.1, 0.15) is 18.2 Å². The highest BCUT2D eigenvalue weighted by Crippen LogP contribution is 2.21. The fraction of sp³-hybridized carbons (Fsp3) is 0.308. The number of halogens is 2. The Kier molecular flexibility index (Phi) is 3.87. The van der Waals surface area contributed by atoms with Crippen molar-refractivity contribution in [2.45, 2.75) is 26.5 Å². The number of hydrogen-bond acceptors (Lipinski definition) is 2. The number of aromatic nitrogens is 2. The Labute approximate surface area is 110 Å². The van der Waals surface area contributed by atoms with E-state index in [2.05, 4.69) is 5.10 Å². The number of benzene rings is 1. The molecule has 2 aromatic rings. The van der Waals surface area contributed by atoms with Gasteiger partial charge in [-0.1, -0.05) is 11.6 Å². The lowest BCUT2D eigenvalue weighted by Gasteiger charge is -2.06. The molecule has 1 heterocycles. The van der Waals surface area contributed by atoms with Gasteiger partial charge in [-0.05, 0) is 32.0 Å². The highest BCUT2D eigenvalue weighted by molar-refractivity contribution is 6.30. The monoisotopic (exact) mass is 268 g/mol. The molecule has 96 valence electrons. The molecule has 0 saturated carbocycles. The lowest BCUT2D eigenvalue weighted by molar-refractivity contribution is 0.297. The van der Waals surface area contributed by atoms with E-state index in [1.54, 1.807) is 6.07 Å². The third-order valence-electron chi connectivity index (χ3n) is 2.47. The summed E-state index contributed by atoms with van der Waals surface area (Å²) in [6.07, 6.45) is 1.89. The maximum Gasteiger partial charge on any atom is 0.145 e. The van der Waals surface area contributed by atoms with Crippen LogP contribution in [0.3, 0.4) is 0 Å². The van der Waals surface area contributed by atoms with Crippen molar-refractivity contribution in [1.29, 1.82) is 0 Å². The predicted molar refractivity (Wildman–Crippen MR) is 68.4 cm³/mol. The highest BCUT2D eigenvalue weighted by Gasteiger charge is 2.05. The van der Waals surface area contributed by atoms with E-state index in [1.807, 2.05) is 30.8 Å². The second-order valence-electron chi connectivity index (χ2n) is 4.25. The predicted octanol–water partition coefficient (Wildman–Crippen LogP) is 3.84. The van der Waals surface area contributed by atoms with Gasteiger partial charge in [0.05, 0.1) is 10.7 Å². The largest absolute Gasteiger partial charge is 0.487 e. The summed E-state index contributed by atoms with van der Waals surface area (Å²) >= 11 is 5.59. The van der Waals surface area contributed by atoms with Gasteiger partial charge in [0.2, 0.25) is 0 Å². The van der Waals surface area contributed by atoms with Gasteiger partial charge in [0, 0.05) is 18.3 Å². The molecule has 0 aliphatic heterocycles. The summed E-state index contributed by atoms with van der Waals surface area (Å²) in [6, 6.07) is 6.56. The van der Waals surface area contributed by atoms with E-state index in [0.717, 1.165) is 5.69 Å². The van der Waals surface area contributed by atoms with Crippen molar-refractivity contribution in [3.63, 3.8) is 0 Å². The van der Waals surface area contributed by atoms with Crippen LogP contribution in [0.4, 0.5) is 4.39 Å². The van der Waals surface area contributed by atoms with Crippen LogP contribution in [-0.2, 0) is 6.61 Å². The molecule has 1 aromatic carbocycles. The molecule has 0 bridgehead atoms. The molecule has 0 fully saturated rings. The van der Waals surface area contributed by atoms with Crippen LogP contribution >= 0.6 is 11.6 Å². The number of hydrogen-bond donors (Lipinski definition) is 0. The SMILES string of the molecule is CC(C)n1ccc(COc2ccc(Cl)c(F)c2)n1. The molecule has 0 radical (unpaired) electrons. The molecule has 0 saturated heterocycles. The first-order valence-electron chi connectivity index (χ1n) is 5.68. The molecule has 5 heteroatoms. The van der Waals surface area contributed by atoms with Crippen LogP contribution in [0.5, 0.6) is 5.75 Å². The first kappa shape index (κ1) is 12.9. The Hall–Kier alpha value is -1.55. The Bertz CT molecular complexity index is 540. The number of ether oxygens (including phenoxy) is 1. The molecule has 18 heavy (non-hydrogen) atoms. The molecule has 0 aliphatic carbocycles.